The van der Waals surface area contributed by atoms with Crippen LogP contribution in [0.25, 0.3) is 16.3 Å². The predicted molar refractivity (Wildman–Crippen MR) is 140 cm³/mol. The number of aromatic hydroxyl groups is 1. The average molecular weight is 566 g/mol. The van der Waals surface area contributed by atoms with Crippen molar-refractivity contribution in [1.29, 1.82) is 0 Å². The van der Waals surface area contributed by atoms with Gasteiger partial charge in [0.05, 0.1) is 22.9 Å². The molecule has 1 heterocycles. The van der Waals surface area contributed by atoms with Gasteiger partial charge in [-0.05, 0) is 64.0 Å². The van der Waals surface area contributed by atoms with Crippen molar-refractivity contribution in [3.63, 3.8) is 0 Å². The average Bonchev–Trinajstić information content (AvgIpc) is 3.28. The van der Waals surface area contributed by atoms with Crippen LogP contribution in [0, 0.1) is 0 Å². The summed E-state index contributed by atoms with van der Waals surface area (Å²) >= 11 is 4.71. The van der Waals surface area contributed by atoms with Gasteiger partial charge in [-0.25, -0.2) is 9.78 Å². The Hall–Kier alpha value is -4.02. The lowest BCUT2D eigenvalue weighted by Crippen LogP contribution is -2.28. The minimum absolute atomic E-state index is 0.0682. The summed E-state index contributed by atoms with van der Waals surface area (Å²) < 4.78 is 6.14. The number of carbonyl (C=O) groups is 3. The topological polar surface area (TPSA) is 118 Å². The number of phenolic OH excluding ortho intramolecular Hbond substituents is 1. The molecule has 36 heavy (non-hydrogen) atoms. The lowest BCUT2D eigenvalue weighted by Gasteiger charge is -2.11. The third kappa shape index (κ3) is 5.96. The number of nitrogens with one attached hydrogen (secondary N) is 2. The zero-order chi connectivity index (χ0) is 25.7. The highest BCUT2D eigenvalue weighted by atomic mass is 79.9. The molecule has 0 saturated heterocycles. The van der Waals surface area contributed by atoms with E-state index in [1.165, 1.54) is 42.7 Å². The van der Waals surface area contributed by atoms with E-state index in [0.29, 0.717) is 15.0 Å². The van der Waals surface area contributed by atoms with Crippen molar-refractivity contribution in [2.45, 2.75) is 6.54 Å². The highest BCUT2D eigenvalue weighted by molar-refractivity contribution is 9.10. The number of rotatable bonds is 7. The molecule has 0 radical (unpaired) electrons. The highest BCUT2D eigenvalue weighted by Gasteiger charge is 2.19. The summed E-state index contributed by atoms with van der Waals surface area (Å²) in [4.78, 5) is 42.3. The number of methoxy groups -OCH3 is 1. The molecule has 0 saturated carbocycles. The summed E-state index contributed by atoms with van der Waals surface area (Å²) in [5, 5.41) is 15.4. The summed E-state index contributed by atoms with van der Waals surface area (Å²) in [6.07, 6.45) is 1.46. The Morgan fingerprint density at radius 3 is 2.58 bits per heavy atom. The first kappa shape index (κ1) is 25.1. The zero-order valence-corrected chi connectivity index (χ0v) is 21.4. The van der Waals surface area contributed by atoms with Gasteiger partial charge in [0.25, 0.3) is 11.8 Å². The quantitative estimate of drug-likeness (QED) is 0.222. The van der Waals surface area contributed by atoms with Crippen LogP contribution in [0.5, 0.6) is 5.75 Å². The van der Waals surface area contributed by atoms with Crippen molar-refractivity contribution in [3.05, 3.63) is 98.6 Å². The van der Waals surface area contributed by atoms with E-state index < -0.39 is 11.9 Å². The Morgan fingerprint density at radius 1 is 1.06 bits per heavy atom. The van der Waals surface area contributed by atoms with Crippen LogP contribution in [0.4, 0.5) is 0 Å². The van der Waals surface area contributed by atoms with Gasteiger partial charge in [0, 0.05) is 22.7 Å². The fraction of sp³-hybridized carbons (Fsp3) is 0.0769. The van der Waals surface area contributed by atoms with Gasteiger partial charge in [0.15, 0.2) is 0 Å². The SMILES string of the molecule is COC(=O)/C(=C\c1nc2ccccc2s1)NC(=O)c1ccc(C(=O)NCc2cccc(O)c2)cc1Br. The molecule has 3 N–H and O–H groups in total. The summed E-state index contributed by atoms with van der Waals surface area (Å²) in [5.74, 6) is -1.52. The number of fused-ring (bicyclic) bond motifs is 1. The number of benzene rings is 3. The van der Waals surface area contributed by atoms with E-state index in [0.717, 1.165) is 15.8 Å². The lowest BCUT2D eigenvalue weighted by molar-refractivity contribution is -0.136. The van der Waals surface area contributed by atoms with Crippen LogP contribution in [-0.2, 0) is 16.1 Å². The number of aromatic nitrogens is 1. The summed E-state index contributed by atoms with van der Waals surface area (Å²) in [5.41, 5.74) is 2.01. The molecule has 182 valence electrons. The minimum atomic E-state index is -0.721. The number of thiazole rings is 1. The fourth-order valence-corrected chi connectivity index (χ4v) is 4.78. The van der Waals surface area contributed by atoms with Gasteiger partial charge in [-0.2, -0.15) is 0 Å². The number of para-hydroxylation sites is 1. The van der Waals surface area contributed by atoms with Crippen LogP contribution in [-0.4, -0.2) is 35.0 Å². The van der Waals surface area contributed by atoms with Crippen molar-refractivity contribution >= 4 is 61.3 Å². The lowest BCUT2D eigenvalue weighted by atomic mass is 10.1. The second-order valence-electron chi connectivity index (χ2n) is 7.57. The molecule has 0 aliphatic heterocycles. The van der Waals surface area contributed by atoms with Crippen molar-refractivity contribution in [2.24, 2.45) is 0 Å². The van der Waals surface area contributed by atoms with E-state index in [-0.39, 0.29) is 29.5 Å². The maximum absolute atomic E-state index is 13.0. The number of phenols is 1. The third-order valence-electron chi connectivity index (χ3n) is 5.07. The molecule has 0 aliphatic carbocycles. The number of carbonyl (C=O) groups excluding carboxylic acids is 3. The molecular weight excluding hydrogens is 546 g/mol. The van der Waals surface area contributed by atoms with Gasteiger partial charge in [-0.1, -0.05) is 24.3 Å². The normalized spacial score (nSPS) is 11.2. The van der Waals surface area contributed by atoms with Gasteiger partial charge in [-0.15, -0.1) is 11.3 Å². The molecule has 1 aromatic heterocycles. The van der Waals surface area contributed by atoms with Crippen LogP contribution >= 0.6 is 27.3 Å². The first-order valence-electron chi connectivity index (χ1n) is 10.7. The Labute approximate surface area is 218 Å². The van der Waals surface area contributed by atoms with Crippen LogP contribution < -0.4 is 10.6 Å². The highest BCUT2D eigenvalue weighted by Crippen LogP contribution is 2.24. The molecule has 10 heteroatoms. The molecule has 0 bridgehead atoms. The molecule has 4 rings (SSSR count). The molecule has 0 atom stereocenters. The fourth-order valence-electron chi connectivity index (χ4n) is 3.31. The number of hydrogen-bond donors (Lipinski definition) is 3. The van der Waals surface area contributed by atoms with E-state index in [4.69, 9.17) is 4.74 Å². The van der Waals surface area contributed by atoms with Gasteiger partial charge in [0.1, 0.15) is 16.5 Å². The molecule has 0 fully saturated rings. The first-order chi connectivity index (χ1) is 17.3. The van der Waals surface area contributed by atoms with Gasteiger partial charge in [0.2, 0.25) is 0 Å². The number of ether oxygens (including phenoxy) is 1. The van der Waals surface area contributed by atoms with Crippen LogP contribution in [0.3, 0.4) is 0 Å². The summed E-state index contributed by atoms with van der Waals surface area (Å²) in [6.45, 7) is 0.228. The second kappa shape index (κ2) is 11.1. The van der Waals surface area contributed by atoms with Crippen molar-refractivity contribution in [1.82, 2.24) is 15.6 Å². The molecule has 0 unspecified atom stereocenters. The number of halogens is 1. The molecule has 2 amide bonds. The molecule has 3 aromatic carbocycles. The largest absolute Gasteiger partial charge is 0.508 e. The zero-order valence-electron chi connectivity index (χ0n) is 18.9. The molecule has 0 aliphatic rings. The Bertz CT molecular complexity index is 1460. The van der Waals surface area contributed by atoms with E-state index in [9.17, 15) is 19.5 Å². The maximum Gasteiger partial charge on any atom is 0.354 e. The Balaban J connectivity index is 1.49. The van der Waals surface area contributed by atoms with Crippen LogP contribution in [0.2, 0.25) is 0 Å². The number of hydrogen-bond acceptors (Lipinski definition) is 7. The van der Waals surface area contributed by atoms with Crippen molar-refractivity contribution < 1.29 is 24.2 Å². The van der Waals surface area contributed by atoms with Gasteiger partial charge in [-0.3, -0.25) is 9.59 Å². The number of nitrogens with zero attached hydrogens (tertiary/aromatic N) is 1. The van der Waals surface area contributed by atoms with E-state index >= 15 is 0 Å². The van der Waals surface area contributed by atoms with E-state index in [1.807, 2.05) is 24.3 Å². The third-order valence-corrected chi connectivity index (χ3v) is 6.71. The Morgan fingerprint density at radius 2 is 1.86 bits per heavy atom. The molecule has 4 aromatic rings. The maximum atomic E-state index is 13.0. The van der Waals surface area contributed by atoms with Crippen molar-refractivity contribution in [2.75, 3.05) is 7.11 Å². The van der Waals surface area contributed by atoms with E-state index in [1.54, 1.807) is 24.3 Å². The Kier molecular flexibility index (Phi) is 7.77. The summed E-state index contributed by atoms with van der Waals surface area (Å²) in [6, 6.07) is 18.6. The van der Waals surface area contributed by atoms with Gasteiger partial charge < -0.3 is 20.5 Å². The van der Waals surface area contributed by atoms with Crippen LogP contribution in [0.15, 0.2) is 76.9 Å². The molecule has 8 nitrogen and oxygen atoms in total. The first-order valence-corrected chi connectivity index (χ1v) is 12.3. The van der Waals surface area contributed by atoms with Crippen molar-refractivity contribution in [3.8, 4) is 5.75 Å². The number of amides is 2. The molecule has 0 spiro atoms. The standard InChI is InChI=1S/C26H20BrN3O5S/c1-35-26(34)21(13-23-29-20-7-2-3-8-22(20)36-23)30-25(33)18-10-9-16(12-19(18)27)24(32)28-14-15-5-4-6-17(31)11-15/h2-13,31H,14H2,1H3,(H,28,32)(H,30,33)/b21-13+. The molecular formula is C26H20BrN3O5S. The minimum Gasteiger partial charge on any atom is -0.508 e. The predicted octanol–water partition coefficient (Wildman–Crippen LogP) is 4.64. The second-order valence-corrected chi connectivity index (χ2v) is 9.49. The smallest absolute Gasteiger partial charge is 0.354 e. The van der Waals surface area contributed by atoms with Gasteiger partial charge >= 0.3 is 5.97 Å². The monoisotopic (exact) mass is 565 g/mol. The van der Waals surface area contributed by atoms with E-state index in [2.05, 4.69) is 31.5 Å². The number of esters is 1. The van der Waals surface area contributed by atoms with Crippen LogP contribution in [0.1, 0.15) is 31.3 Å². The summed E-state index contributed by atoms with van der Waals surface area (Å²) in [7, 11) is 1.22.